The van der Waals surface area contributed by atoms with Gasteiger partial charge in [0, 0.05) is 25.3 Å². The number of carbonyl (C=O) groups excluding carboxylic acids is 3. The summed E-state index contributed by atoms with van der Waals surface area (Å²) < 4.78 is 60.0. The van der Waals surface area contributed by atoms with Crippen LogP contribution in [-0.2, 0) is 24.3 Å². The van der Waals surface area contributed by atoms with E-state index in [-0.39, 0.29) is 0 Å². The number of halogens is 2. The minimum Gasteiger partial charge on any atom is -0.310 e. The zero-order valence-electron chi connectivity index (χ0n) is 13.3. The highest BCUT2D eigenvalue weighted by Crippen LogP contribution is 2.31. The standard InChI is InChI=1S/C11H18F2N4O7S/c1-6(2)8(18)14-15-9(19)7-5-11(12,13)3-4-17(7)10(20)16-24-25(21,22)23/h6-7H,3-5H2,1-2H3,(H,14,18)(H,15,19)(H,16,20)(H,21,22,23)/t7-/m0/s1. The molecule has 1 atom stereocenters. The number of hydrogen-bond acceptors (Lipinski definition) is 6. The molecule has 1 heterocycles. The molecule has 0 aromatic rings. The van der Waals surface area contributed by atoms with Crippen molar-refractivity contribution in [3.05, 3.63) is 0 Å². The highest BCUT2D eigenvalue weighted by Gasteiger charge is 2.45. The van der Waals surface area contributed by atoms with E-state index in [2.05, 4.69) is 4.28 Å². The summed E-state index contributed by atoms with van der Waals surface area (Å²) >= 11 is 0. The lowest BCUT2D eigenvalue weighted by atomic mass is 9.98. The molecule has 25 heavy (non-hydrogen) atoms. The Morgan fingerprint density at radius 3 is 2.40 bits per heavy atom. The van der Waals surface area contributed by atoms with E-state index in [0.717, 1.165) is 0 Å². The monoisotopic (exact) mass is 388 g/mol. The average Bonchev–Trinajstić information content (AvgIpc) is 2.48. The first kappa shape index (κ1) is 21.0. The van der Waals surface area contributed by atoms with E-state index >= 15 is 0 Å². The predicted octanol–water partition coefficient (Wildman–Crippen LogP) is -0.666. The van der Waals surface area contributed by atoms with Gasteiger partial charge in [0.2, 0.25) is 5.91 Å². The molecule has 1 saturated heterocycles. The van der Waals surface area contributed by atoms with Crippen molar-refractivity contribution in [2.75, 3.05) is 6.54 Å². The largest absolute Gasteiger partial charge is 0.418 e. The molecule has 4 N–H and O–H groups in total. The number of nitrogens with zero attached hydrogens (tertiary/aromatic N) is 1. The van der Waals surface area contributed by atoms with Gasteiger partial charge in [-0.05, 0) is 0 Å². The lowest BCUT2D eigenvalue weighted by molar-refractivity contribution is -0.138. The van der Waals surface area contributed by atoms with Crippen LogP contribution in [0.4, 0.5) is 13.6 Å². The van der Waals surface area contributed by atoms with E-state index in [1.807, 2.05) is 10.9 Å². The van der Waals surface area contributed by atoms with Gasteiger partial charge in [-0.2, -0.15) is 13.9 Å². The topological polar surface area (TPSA) is 154 Å². The number of hydrazine groups is 1. The summed E-state index contributed by atoms with van der Waals surface area (Å²) in [5.74, 6) is -5.42. The normalized spacial score (nSPS) is 20.1. The van der Waals surface area contributed by atoms with Gasteiger partial charge in [0.1, 0.15) is 6.04 Å². The van der Waals surface area contributed by atoms with E-state index in [9.17, 15) is 31.6 Å². The summed E-state index contributed by atoms with van der Waals surface area (Å²) in [5.41, 5.74) is 5.26. The van der Waals surface area contributed by atoms with Crippen LogP contribution in [0.25, 0.3) is 0 Å². The average molecular weight is 388 g/mol. The number of alkyl halides is 2. The Balaban J connectivity index is 2.82. The van der Waals surface area contributed by atoms with Gasteiger partial charge in [0.05, 0.1) is 0 Å². The number of rotatable bonds is 4. The molecule has 0 aromatic carbocycles. The number of amides is 4. The van der Waals surface area contributed by atoms with Crippen LogP contribution in [0.15, 0.2) is 0 Å². The van der Waals surface area contributed by atoms with E-state index < -0.39 is 65.5 Å². The lowest BCUT2D eigenvalue weighted by Crippen LogP contribution is -2.60. The fourth-order valence-corrected chi connectivity index (χ4v) is 2.09. The van der Waals surface area contributed by atoms with Crippen LogP contribution in [0.3, 0.4) is 0 Å². The van der Waals surface area contributed by atoms with Crippen LogP contribution in [0.2, 0.25) is 0 Å². The molecule has 0 unspecified atom stereocenters. The van der Waals surface area contributed by atoms with Gasteiger partial charge in [-0.3, -0.25) is 25.0 Å². The minimum absolute atomic E-state index is 0.490. The second-order valence-corrected chi connectivity index (χ2v) is 6.59. The van der Waals surface area contributed by atoms with Crippen molar-refractivity contribution >= 4 is 28.2 Å². The Hall–Kier alpha value is -2.06. The van der Waals surface area contributed by atoms with Crippen LogP contribution in [0.1, 0.15) is 26.7 Å². The summed E-state index contributed by atoms with van der Waals surface area (Å²) in [5, 5.41) is 0. The third-order valence-corrected chi connectivity index (χ3v) is 3.51. The zero-order valence-corrected chi connectivity index (χ0v) is 14.1. The summed E-state index contributed by atoms with van der Waals surface area (Å²) in [6, 6.07) is -3.04. The van der Waals surface area contributed by atoms with Gasteiger partial charge >= 0.3 is 16.4 Å². The number of hydrogen-bond donors (Lipinski definition) is 4. The molecule has 0 spiro atoms. The molecule has 0 bridgehead atoms. The van der Waals surface area contributed by atoms with Crippen molar-refractivity contribution in [1.82, 2.24) is 21.2 Å². The molecule has 0 radical (unpaired) electrons. The minimum atomic E-state index is -5.01. The van der Waals surface area contributed by atoms with E-state index in [1.165, 1.54) is 19.3 Å². The highest BCUT2D eigenvalue weighted by molar-refractivity contribution is 7.80. The third-order valence-electron chi connectivity index (χ3n) is 3.22. The molecule has 1 aliphatic rings. The van der Waals surface area contributed by atoms with Gasteiger partial charge in [0.25, 0.3) is 11.8 Å². The maximum Gasteiger partial charge on any atom is 0.418 e. The smallest absolute Gasteiger partial charge is 0.310 e. The van der Waals surface area contributed by atoms with E-state index in [1.54, 1.807) is 0 Å². The Morgan fingerprint density at radius 1 is 1.28 bits per heavy atom. The maximum atomic E-state index is 13.6. The Morgan fingerprint density at radius 2 is 1.88 bits per heavy atom. The highest BCUT2D eigenvalue weighted by atomic mass is 32.3. The van der Waals surface area contributed by atoms with Crippen LogP contribution in [0.5, 0.6) is 0 Å². The fraction of sp³-hybridized carbons (Fsp3) is 0.727. The summed E-state index contributed by atoms with van der Waals surface area (Å²) in [7, 11) is -5.01. The molecule has 0 aliphatic carbocycles. The SMILES string of the molecule is CC(C)C(=O)NNC(=O)[C@@H]1CC(F)(F)CCN1C(=O)NOS(=O)(=O)O. The van der Waals surface area contributed by atoms with Gasteiger partial charge in [0.15, 0.2) is 0 Å². The van der Waals surface area contributed by atoms with Gasteiger partial charge in [-0.25, -0.2) is 13.6 Å². The number of urea groups is 1. The molecule has 1 fully saturated rings. The third kappa shape index (κ3) is 6.75. The van der Waals surface area contributed by atoms with E-state index in [4.69, 9.17) is 4.55 Å². The first-order valence-corrected chi connectivity index (χ1v) is 8.39. The zero-order chi connectivity index (χ0) is 19.4. The summed E-state index contributed by atoms with van der Waals surface area (Å²) in [6.07, 6.45) is -1.82. The van der Waals surface area contributed by atoms with Crippen LogP contribution >= 0.6 is 0 Å². The van der Waals surface area contributed by atoms with E-state index in [0.29, 0.717) is 4.90 Å². The summed E-state index contributed by atoms with van der Waals surface area (Å²) in [6.45, 7) is 2.47. The molecule has 1 aliphatic heterocycles. The molecule has 0 saturated carbocycles. The fourth-order valence-electron chi connectivity index (χ4n) is 1.91. The number of piperidine rings is 1. The Bertz CT molecular complexity index is 640. The van der Waals surface area contributed by atoms with Crippen LogP contribution in [0, 0.1) is 5.92 Å². The molecule has 0 aromatic heterocycles. The summed E-state index contributed by atoms with van der Waals surface area (Å²) in [4.78, 5) is 35.9. The first-order chi connectivity index (χ1) is 11.3. The number of hydroxylamine groups is 1. The molecule has 144 valence electrons. The van der Waals surface area contributed by atoms with Crippen LogP contribution in [-0.4, -0.2) is 54.2 Å². The second kappa shape index (κ2) is 7.88. The number of likely N-dealkylation sites (tertiary alicyclic amines) is 1. The van der Waals surface area contributed by atoms with Crippen molar-refractivity contribution in [3.8, 4) is 0 Å². The quantitative estimate of drug-likeness (QED) is 0.368. The van der Waals surface area contributed by atoms with Crippen LogP contribution < -0.4 is 16.3 Å². The number of nitrogens with one attached hydrogen (secondary N) is 3. The Labute approximate surface area is 141 Å². The molecule has 1 rings (SSSR count). The predicted molar refractivity (Wildman–Crippen MR) is 77.0 cm³/mol. The second-order valence-electron chi connectivity index (χ2n) is 5.57. The first-order valence-electron chi connectivity index (χ1n) is 7.02. The number of carbonyl (C=O) groups is 3. The molecule has 14 heteroatoms. The molecular formula is C11H18F2N4O7S. The Kier molecular flexibility index (Phi) is 6.61. The molecular weight excluding hydrogens is 370 g/mol. The maximum absolute atomic E-state index is 13.6. The van der Waals surface area contributed by atoms with Crippen molar-refractivity contribution in [3.63, 3.8) is 0 Å². The van der Waals surface area contributed by atoms with Crippen molar-refractivity contribution < 1.29 is 40.4 Å². The van der Waals surface area contributed by atoms with Gasteiger partial charge in [-0.15, -0.1) is 4.28 Å². The van der Waals surface area contributed by atoms with Crippen molar-refractivity contribution in [2.24, 2.45) is 5.92 Å². The van der Waals surface area contributed by atoms with Gasteiger partial charge in [-0.1, -0.05) is 13.8 Å². The van der Waals surface area contributed by atoms with Gasteiger partial charge < -0.3 is 4.90 Å². The molecule has 4 amide bonds. The molecule has 11 nitrogen and oxygen atoms in total. The van der Waals surface area contributed by atoms with Crippen molar-refractivity contribution in [2.45, 2.75) is 38.7 Å². The van der Waals surface area contributed by atoms with Crippen molar-refractivity contribution in [1.29, 1.82) is 0 Å². The lowest BCUT2D eigenvalue weighted by Gasteiger charge is -2.37.